The molecule has 5 atom stereocenters. The summed E-state index contributed by atoms with van der Waals surface area (Å²) in [4.78, 5) is 15.5. The molecule has 2 saturated carbocycles. The van der Waals surface area contributed by atoms with Crippen molar-refractivity contribution in [3.05, 3.63) is 54.1 Å². The van der Waals surface area contributed by atoms with E-state index in [2.05, 4.69) is 5.32 Å². The number of carbonyl (C=O) groups is 1. The Hall–Kier alpha value is -2.27. The molecule has 2 aliphatic carbocycles. The molecule has 4 unspecified atom stereocenters. The van der Waals surface area contributed by atoms with Gasteiger partial charge in [-0.25, -0.2) is 0 Å². The van der Waals surface area contributed by atoms with E-state index < -0.39 is 26.4 Å². The van der Waals surface area contributed by atoms with Crippen molar-refractivity contribution in [2.24, 2.45) is 5.92 Å². The first kappa shape index (κ1) is 35.6. The molecule has 2 aromatic rings. The summed E-state index contributed by atoms with van der Waals surface area (Å²) >= 11 is 0. The molecule has 266 valence electrons. The number of alkyl halides is 3. The Morgan fingerprint density at radius 1 is 0.917 bits per heavy atom. The Balaban J connectivity index is 1.27. The smallest absolute Gasteiger partial charge is 0.385 e. The predicted molar refractivity (Wildman–Crippen MR) is 182 cm³/mol. The number of nitrogens with one attached hydrogen (secondary N) is 1. The molecule has 0 aromatic heterocycles. The number of carbonyl (C=O) groups excluding carboxylic acids is 1. The fourth-order valence-corrected chi connectivity index (χ4v) is 16.6. The van der Waals surface area contributed by atoms with Crippen LogP contribution in [0.1, 0.15) is 95.5 Å². The Labute approximate surface area is 283 Å². The van der Waals surface area contributed by atoms with Gasteiger partial charge in [-0.05, 0) is 114 Å². The standard InChI is InChI=1S/C38H52F3NO5S/c1-45-26-21-29-7-2-4-22-37(24-20-29,36(43)42-27-47-35-9-3-5-25-46-35)48(44,33-18-19-34(33)48)32-16-14-31(15-17-32)30-12-10-28(11-13-30)8-6-23-38(39,40)41/h10-17,29,33-35H,2-9,18-27H2,1H3,(H,42,43)/t29?,33-,34?,35?,37?/m0/s1. The second kappa shape index (κ2) is 14.5. The van der Waals surface area contributed by atoms with Crippen molar-refractivity contribution < 1.29 is 36.4 Å². The third-order valence-corrected chi connectivity index (χ3v) is 18.5. The van der Waals surface area contributed by atoms with Crippen LogP contribution in [0.25, 0.3) is 11.1 Å². The minimum atomic E-state index is -4.14. The van der Waals surface area contributed by atoms with E-state index in [1.807, 2.05) is 48.5 Å². The SMILES string of the molecule is COCCC1CCCCC(C(=O)NCOC2CCCCO2)(S2(=O)(c3ccc(-c4ccc(CCCC(F)(F)F)cc4)cc3)C3CC[C@@H]32)CC1. The minimum Gasteiger partial charge on any atom is -0.385 e. The van der Waals surface area contributed by atoms with Gasteiger partial charge in [0, 0.05) is 42.1 Å². The zero-order chi connectivity index (χ0) is 33.9. The largest absolute Gasteiger partial charge is 0.389 e. The molecule has 1 amide bonds. The first-order chi connectivity index (χ1) is 23.1. The van der Waals surface area contributed by atoms with Gasteiger partial charge >= 0.3 is 6.18 Å². The second-order valence-corrected chi connectivity index (χ2v) is 19.1. The third-order valence-electron chi connectivity index (χ3n) is 11.8. The van der Waals surface area contributed by atoms with Crippen molar-refractivity contribution in [2.75, 3.05) is 27.1 Å². The first-order valence-electron chi connectivity index (χ1n) is 18.0. The Morgan fingerprint density at radius 2 is 1.60 bits per heavy atom. The number of amides is 1. The highest BCUT2D eigenvalue weighted by molar-refractivity contribution is 8.29. The number of ether oxygens (including phenoxy) is 3. The van der Waals surface area contributed by atoms with Crippen LogP contribution in [-0.2, 0) is 34.5 Å². The number of fused-ring (bicyclic) bond motifs is 1. The van der Waals surface area contributed by atoms with E-state index in [1.54, 1.807) is 7.11 Å². The fourth-order valence-electron chi connectivity index (χ4n) is 9.04. The molecule has 10 heteroatoms. The highest BCUT2D eigenvalue weighted by Crippen LogP contribution is 2.77. The zero-order valence-electron chi connectivity index (χ0n) is 28.2. The summed E-state index contributed by atoms with van der Waals surface area (Å²) in [5, 5.41) is 3.17. The minimum absolute atomic E-state index is 0.0222. The van der Waals surface area contributed by atoms with Crippen LogP contribution in [-0.4, -0.2) is 64.9 Å². The predicted octanol–water partition coefficient (Wildman–Crippen LogP) is 8.32. The third kappa shape index (κ3) is 6.63. The van der Waals surface area contributed by atoms with Crippen LogP contribution >= 0.6 is 0 Å². The number of rotatable bonds is 13. The number of methoxy groups -OCH3 is 1. The molecule has 2 aliphatic heterocycles. The van der Waals surface area contributed by atoms with Crippen molar-refractivity contribution in [1.82, 2.24) is 5.32 Å². The van der Waals surface area contributed by atoms with Gasteiger partial charge in [0.1, 0.15) is 11.5 Å². The van der Waals surface area contributed by atoms with Crippen LogP contribution in [0.15, 0.2) is 53.4 Å². The number of halogens is 3. The van der Waals surface area contributed by atoms with E-state index in [0.29, 0.717) is 38.4 Å². The van der Waals surface area contributed by atoms with Gasteiger partial charge in [0.2, 0.25) is 5.91 Å². The van der Waals surface area contributed by atoms with Crippen LogP contribution in [0.4, 0.5) is 13.2 Å². The average Bonchev–Trinajstić information content (AvgIpc) is 3.47. The highest BCUT2D eigenvalue weighted by atomic mass is 32.3. The van der Waals surface area contributed by atoms with Crippen LogP contribution in [0.5, 0.6) is 0 Å². The zero-order valence-corrected chi connectivity index (χ0v) is 29.1. The monoisotopic (exact) mass is 691 g/mol. The molecule has 48 heavy (non-hydrogen) atoms. The van der Waals surface area contributed by atoms with Gasteiger partial charge in [-0.3, -0.25) is 9.00 Å². The normalized spacial score (nSPS) is 30.4. The Morgan fingerprint density at radius 3 is 2.23 bits per heavy atom. The van der Waals surface area contributed by atoms with Gasteiger partial charge in [-0.2, -0.15) is 13.2 Å². The summed E-state index contributed by atoms with van der Waals surface area (Å²) in [7, 11) is -1.93. The quantitative estimate of drug-likeness (QED) is 0.169. The Kier molecular flexibility index (Phi) is 10.8. The van der Waals surface area contributed by atoms with Crippen LogP contribution in [0, 0.1) is 5.92 Å². The van der Waals surface area contributed by atoms with Crippen LogP contribution in [0.2, 0.25) is 0 Å². The highest BCUT2D eigenvalue weighted by Gasteiger charge is 2.84. The van der Waals surface area contributed by atoms with Crippen molar-refractivity contribution in [1.29, 1.82) is 0 Å². The number of benzene rings is 2. The van der Waals surface area contributed by atoms with E-state index >= 15 is 4.21 Å². The molecular formula is C38H52F3NO5S. The molecule has 0 spiro atoms. The number of hydrogen-bond donors (Lipinski definition) is 1. The van der Waals surface area contributed by atoms with Crippen molar-refractivity contribution >= 4 is 15.0 Å². The maximum Gasteiger partial charge on any atom is 0.389 e. The lowest BCUT2D eigenvalue weighted by Gasteiger charge is -2.47. The van der Waals surface area contributed by atoms with Crippen LogP contribution in [0.3, 0.4) is 0 Å². The van der Waals surface area contributed by atoms with Gasteiger partial charge in [0.05, 0.1) is 0 Å². The lowest BCUT2D eigenvalue weighted by molar-refractivity contribution is -0.168. The number of hydrogen-bond acceptors (Lipinski definition) is 5. The molecule has 6 rings (SSSR count). The van der Waals surface area contributed by atoms with Crippen molar-refractivity contribution in [2.45, 2.75) is 129 Å². The van der Waals surface area contributed by atoms with E-state index in [1.165, 1.54) is 0 Å². The topological polar surface area (TPSA) is 73.9 Å². The maximum absolute atomic E-state index is 16.4. The summed E-state index contributed by atoms with van der Waals surface area (Å²) in [6.07, 6.45) is 5.72. The molecule has 2 heterocycles. The summed E-state index contributed by atoms with van der Waals surface area (Å²) in [5.41, 5.74) is 2.78. The molecule has 4 aliphatic rings. The average molecular weight is 692 g/mol. The fraction of sp³-hybridized carbons (Fsp3) is 0.658. The van der Waals surface area contributed by atoms with E-state index in [0.717, 1.165) is 85.8 Å². The Bertz CT molecular complexity index is 1440. The van der Waals surface area contributed by atoms with Gasteiger partial charge < -0.3 is 19.5 Å². The maximum atomic E-state index is 16.4. The molecule has 4 fully saturated rings. The molecule has 6 nitrogen and oxygen atoms in total. The second-order valence-electron chi connectivity index (χ2n) is 14.5. The van der Waals surface area contributed by atoms with Gasteiger partial charge in [-0.1, -0.05) is 55.7 Å². The van der Waals surface area contributed by atoms with E-state index in [-0.39, 0.29) is 35.8 Å². The van der Waals surface area contributed by atoms with E-state index in [4.69, 9.17) is 14.2 Å². The van der Waals surface area contributed by atoms with Gasteiger partial charge in [0.15, 0.2) is 6.29 Å². The molecule has 1 N–H and O–H groups in total. The summed E-state index contributed by atoms with van der Waals surface area (Å²) in [6, 6.07) is 15.7. The lowest BCUT2D eigenvalue weighted by Crippen LogP contribution is -2.59. The van der Waals surface area contributed by atoms with Crippen molar-refractivity contribution in [3.8, 4) is 11.1 Å². The van der Waals surface area contributed by atoms with E-state index in [9.17, 15) is 18.0 Å². The van der Waals surface area contributed by atoms with Crippen molar-refractivity contribution in [3.63, 3.8) is 0 Å². The lowest BCUT2D eigenvalue weighted by atomic mass is 9.83. The first-order valence-corrected chi connectivity index (χ1v) is 20.1. The molecule has 0 radical (unpaired) electrons. The molecule has 2 aromatic carbocycles. The van der Waals surface area contributed by atoms with Gasteiger partial charge in [-0.15, -0.1) is 0 Å². The summed E-state index contributed by atoms with van der Waals surface area (Å²) in [5.74, 6) is 0.284. The molecule has 0 bridgehead atoms. The molecule has 2 saturated heterocycles. The summed E-state index contributed by atoms with van der Waals surface area (Å²) < 4.78 is 70.3. The number of aryl methyl sites for hydroxylation is 1. The van der Waals surface area contributed by atoms with Gasteiger partial charge in [0.25, 0.3) is 0 Å². The van der Waals surface area contributed by atoms with Crippen LogP contribution < -0.4 is 5.32 Å². The molecular weight excluding hydrogens is 639 g/mol. The summed E-state index contributed by atoms with van der Waals surface area (Å²) in [6.45, 7) is 1.38.